The average Bonchev–Trinajstić information content (AvgIpc) is 3.02. The molecule has 3 aromatic rings. The Kier molecular flexibility index (Phi) is 4.25. The zero-order valence-electron chi connectivity index (χ0n) is 12.4. The molecule has 6 heteroatoms. The smallest absolute Gasteiger partial charge is 0.251 e. The molecule has 0 aliphatic rings. The summed E-state index contributed by atoms with van der Waals surface area (Å²) in [4.78, 5) is 26.8. The molecule has 6 nitrogen and oxygen atoms in total. The van der Waals surface area contributed by atoms with Crippen LogP contribution in [0, 0.1) is 0 Å². The van der Waals surface area contributed by atoms with Crippen LogP contribution in [-0.2, 0) is 6.54 Å². The highest BCUT2D eigenvalue weighted by molar-refractivity contribution is 5.97. The quantitative estimate of drug-likeness (QED) is 0.660. The molecule has 0 saturated carbocycles. The van der Waals surface area contributed by atoms with Crippen LogP contribution in [0.15, 0.2) is 59.7 Å². The Morgan fingerprint density at radius 3 is 2.96 bits per heavy atom. The fourth-order valence-corrected chi connectivity index (χ4v) is 2.40. The third-order valence-corrected chi connectivity index (χ3v) is 3.62. The molecule has 2 aromatic heterocycles. The number of hydrogen-bond acceptors (Lipinski definition) is 3. The van der Waals surface area contributed by atoms with Crippen LogP contribution in [0.5, 0.6) is 0 Å². The fourth-order valence-electron chi connectivity index (χ4n) is 2.40. The first-order valence-corrected chi connectivity index (χ1v) is 7.32. The lowest BCUT2D eigenvalue weighted by molar-refractivity contribution is 0.0903. The molecule has 0 aliphatic carbocycles. The Labute approximate surface area is 132 Å². The van der Waals surface area contributed by atoms with Gasteiger partial charge >= 0.3 is 0 Å². The molecule has 1 aromatic carbocycles. The number of aromatic nitrogens is 2. The first-order valence-electron chi connectivity index (χ1n) is 7.32. The first kappa shape index (κ1) is 15.1. The highest BCUT2D eigenvalue weighted by Crippen LogP contribution is 2.13. The van der Waals surface area contributed by atoms with E-state index in [-0.39, 0.29) is 24.6 Å². The van der Waals surface area contributed by atoms with E-state index < -0.39 is 6.10 Å². The van der Waals surface area contributed by atoms with Gasteiger partial charge in [-0.1, -0.05) is 12.1 Å². The maximum absolute atomic E-state index is 12.1. The monoisotopic (exact) mass is 311 g/mol. The Morgan fingerprint density at radius 1 is 1.26 bits per heavy atom. The molecule has 1 atom stereocenters. The number of nitrogens with one attached hydrogen (secondary N) is 2. The second-order valence-electron chi connectivity index (χ2n) is 5.33. The minimum absolute atomic E-state index is 0.0724. The number of nitrogens with zero attached hydrogens (tertiary/aromatic N) is 1. The van der Waals surface area contributed by atoms with Crippen molar-refractivity contribution >= 4 is 16.8 Å². The molecule has 2 heterocycles. The number of carbonyl (C=O) groups excluding carboxylic acids is 1. The van der Waals surface area contributed by atoms with E-state index in [2.05, 4.69) is 10.3 Å². The van der Waals surface area contributed by atoms with E-state index in [1.165, 1.54) is 10.6 Å². The van der Waals surface area contributed by atoms with Gasteiger partial charge in [-0.05, 0) is 29.7 Å². The second kappa shape index (κ2) is 6.50. The van der Waals surface area contributed by atoms with E-state index >= 15 is 0 Å². The van der Waals surface area contributed by atoms with Crippen LogP contribution in [0.3, 0.4) is 0 Å². The van der Waals surface area contributed by atoms with Gasteiger partial charge in [-0.15, -0.1) is 0 Å². The summed E-state index contributed by atoms with van der Waals surface area (Å²) in [6.07, 6.45) is 2.58. The van der Waals surface area contributed by atoms with Crippen LogP contribution in [0.4, 0.5) is 0 Å². The van der Waals surface area contributed by atoms with E-state index in [9.17, 15) is 14.7 Å². The summed E-state index contributed by atoms with van der Waals surface area (Å²) < 4.78 is 1.40. The molecule has 1 unspecified atom stereocenters. The molecule has 3 rings (SSSR count). The number of amides is 1. The zero-order valence-corrected chi connectivity index (χ0v) is 12.4. The highest BCUT2D eigenvalue weighted by atomic mass is 16.3. The van der Waals surface area contributed by atoms with Crippen LogP contribution in [0.25, 0.3) is 10.9 Å². The van der Waals surface area contributed by atoms with E-state index in [0.29, 0.717) is 5.56 Å². The second-order valence-corrected chi connectivity index (χ2v) is 5.33. The summed E-state index contributed by atoms with van der Waals surface area (Å²) in [5.41, 5.74) is 1.22. The molecule has 0 aliphatic heterocycles. The molecule has 23 heavy (non-hydrogen) atoms. The first-order chi connectivity index (χ1) is 11.1. The van der Waals surface area contributed by atoms with Gasteiger partial charge in [0.25, 0.3) is 11.5 Å². The maximum atomic E-state index is 12.1. The number of benzene rings is 1. The average molecular weight is 311 g/mol. The molecule has 0 saturated heterocycles. The van der Waals surface area contributed by atoms with Gasteiger partial charge in [0.15, 0.2) is 0 Å². The molecule has 0 bridgehead atoms. The predicted molar refractivity (Wildman–Crippen MR) is 87.3 cm³/mol. The minimum atomic E-state index is -0.840. The highest BCUT2D eigenvalue weighted by Gasteiger charge is 2.11. The number of rotatable bonds is 5. The summed E-state index contributed by atoms with van der Waals surface area (Å²) in [6, 6.07) is 12.1. The normalized spacial score (nSPS) is 12.2. The number of fused-ring (bicyclic) bond motifs is 1. The molecular weight excluding hydrogens is 294 g/mol. The van der Waals surface area contributed by atoms with Crippen molar-refractivity contribution in [2.45, 2.75) is 12.6 Å². The molecule has 1 amide bonds. The lowest BCUT2D eigenvalue weighted by atomic mass is 10.1. The van der Waals surface area contributed by atoms with Crippen LogP contribution < -0.4 is 10.9 Å². The zero-order chi connectivity index (χ0) is 16.2. The predicted octanol–water partition coefficient (Wildman–Crippen LogP) is 1.12. The Hall–Kier alpha value is -2.86. The molecule has 118 valence electrons. The van der Waals surface area contributed by atoms with Gasteiger partial charge in [0.05, 0.1) is 12.6 Å². The lowest BCUT2D eigenvalue weighted by Crippen LogP contribution is -2.36. The molecule has 3 N–H and O–H groups in total. The fraction of sp³-hybridized carbons (Fsp3) is 0.176. The van der Waals surface area contributed by atoms with Crippen LogP contribution in [-0.4, -0.2) is 33.2 Å². The van der Waals surface area contributed by atoms with Crippen molar-refractivity contribution in [3.63, 3.8) is 0 Å². The Balaban J connectivity index is 1.59. The molecule has 0 spiro atoms. The van der Waals surface area contributed by atoms with E-state index in [1.54, 1.807) is 30.5 Å². The van der Waals surface area contributed by atoms with Crippen molar-refractivity contribution in [1.82, 2.24) is 14.9 Å². The lowest BCUT2D eigenvalue weighted by Gasteiger charge is -2.13. The van der Waals surface area contributed by atoms with Gasteiger partial charge in [-0.2, -0.15) is 0 Å². The van der Waals surface area contributed by atoms with Gasteiger partial charge in [0.2, 0.25) is 0 Å². The number of carbonyl (C=O) groups is 1. The van der Waals surface area contributed by atoms with Gasteiger partial charge in [0.1, 0.15) is 0 Å². The number of aliphatic hydroxyl groups is 1. The van der Waals surface area contributed by atoms with E-state index in [4.69, 9.17) is 0 Å². The van der Waals surface area contributed by atoms with Crippen molar-refractivity contribution < 1.29 is 9.90 Å². The number of hydrogen-bond donors (Lipinski definition) is 3. The summed E-state index contributed by atoms with van der Waals surface area (Å²) in [6.45, 7) is 0.207. The van der Waals surface area contributed by atoms with Crippen LogP contribution in [0.2, 0.25) is 0 Å². The maximum Gasteiger partial charge on any atom is 0.251 e. The third-order valence-electron chi connectivity index (χ3n) is 3.62. The third kappa shape index (κ3) is 3.49. The summed E-state index contributed by atoms with van der Waals surface area (Å²) in [5, 5.41) is 13.7. The SMILES string of the molecule is O=C(NCC(O)Cn1ccccc1=O)c1ccc2cc[nH]c2c1. The van der Waals surface area contributed by atoms with Crippen molar-refractivity contribution in [3.8, 4) is 0 Å². The number of H-pyrrole nitrogens is 1. The summed E-state index contributed by atoms with van der Waals surface area (Å²) >= 11 is 0. The van der Waals surface area contributed by atoms with Crippen LogP contribution >= 0.6 is 0 Å². The Bertz CT molecular complexity index is 882. The van der Waals surface area contributed by atoms with E-state index in [0.717, 1.165) is 10.9 Å². The minimum Gasteiger partial charge on any atom is -0.389 e. The van der Waals surface area contributed by atoms with Crippen molar-refractivity contribution in [3.05, 3.63) is 70.8 Å². The Morgan fingerprint density at radius 2 is 2.13 bits per heavy atom. The molecular formula is C17H17N3O3. The number of pyridine rings is 1. The van der Waals surface area contributed by atoms with Gasteiger partial charge in [0, 0.05) is 36.1 Å². The van der Waals surface area contributed by atoms with Crippen molar-refractivity contribution in [1.29, 1.82) is 0 Å². The van der Waals surface area contributed by atoms with Crippen LogP contribution in [0.1, 0.15) is 10.4 Å². The largest absolute Gasteiger partial charge is 0.389 e. The number of aromatic amines is 1. The van der Waals surface area contributed by atoms with Gasteiger partial charge in [-0.3, -0.25) is 9.59 Å². The van der Waals surface area contributed by atoms with E-state index in [1.807, 2.05) is 18.3 Å². The van der Waals surface area contributed by atoms with Gasteiger partial charge < -0.3 is 20.0 Å². The van der Waals surface area contributed by atoms with Crippen molar-refractivity contribution in [2.75, 3.05) is 6.54 Å². The standard InChI is InChI=1S/C17H17N3O3/c21-14(11-20-8-2-1-3-16(20)22)10-19-17(23)13-5-4-12-6-7-18-15(12)9-13/h1-9,14,18,21H,10-11H2,(H,19,23). The summed E-state index contributed by atoms with van der Waals surface area (Å²) in [5.74, 6) is -0.263. The molecule has 0 radical (unpaired) electrons. The molecule has 0 fully saturated rings. The summed E-state index contributed by atoms with van der Waals surface area (Å²) in [7, 11) is 0. The number of aliphatic hydroxyl groups excluding tert-OH is 1. The topological polar surface area (TPSA) is 87.1 Å². The van der Waals surface area contributed by atoms with Gasteiger partial charge in [-0.25, -0.2) is 0 Å². The van der Waals surface area contributed by atoms with Crippen molar-refractivity contribution in [2.24, 2.45) is 0 Å².